The lowest BCUT2D eigenvalue weighted by Gasteiger charge is -2.11. The average molecular weight is 318 g/mol. The fourth-order valence-electron chi connectivity index (χ4n) is 1.49. The van der Waals surface area contributed by atoms with Crippen molar-refractivity contribution in [2.75, 3.05) is 12.4 Å². The Hall–Kier alpha value is -2.02. The lowest BCUT2D eigenvalue weighted by atomic mass is 10.2. The molecule has 0 atom stereocenters. The molecule has 2 aromatic rings. The van der Waals surface area contributed by atoms with E-state index in [1.807, 2.05) is 0 Å². The molecule has 1 aromatic carbocycles. The largest absolute Gasteiger partial charge is 0.473 e. The third kappa shape index (κ3) is 4.22. The highest BCUT2D eigenvalue weighted by Crippen LogP contribution is 2.29. The van der Waals surface area contributed by atoms with Gasteiger partial charge in [0, 0.05) is 18.1 Å². The molecule has 0 unspecified atom stereocenters. The Morgan fingerprint density at radius 3 is 2.43 bits per heavy atom. The summed E-state index contributed by atoms with van der Waals surface area (Å²) < 4.78 is 43.3. The van der Waals surface area contributed by atoms with E-state index >= 15 is 0 Å². The van der Waals surface area contributed by atoms with Crippen LogP contribution in [0.5, 0.6) is 5.88 Å². The molecule has 1 heterocycles. The van der Waals surface area contributed by atoms with Crippen LogP contribution in [0.15, 0.2) is 30.3 Å². The van der Waals surface area contributed by atoms with Crippen molar-refractivity contribution >= 4 is 17.4 Å². The summed E-state index contributed by atoms with van der Waals surface area (Å²) in [7, 11) is 1.46. The molecule has 4 nitrogen and oxygen atoms in total. The molecule has 0 bridgehead atoms. The fraction of sp³-hybridized carbons (Fsp3) is 0.231. The molecule has 0 saturated heterocycles. The van der Waals surface area contributed by atoms with Crippen LogP contribution < -0.4 is 10.1 Å². The number of rotatable bonds is 4. The third-order valence-electron chi connectivity index (χ3n) is 2.51. The lowest BCUT2D eigenvalue weighted by molar-refractivity contribution is -0.145. The number of hydrogen-bond donors (Lipinski definition) is 1. The molecule has 0 aliphatic carbocycles. The predicted molar refractivity (Wildman–Crippen MR) is 72.4 cm³/mol. The van der Waals surface area contributed by atoms with Crippen molar-refractivity contribution < 1.29 is 17.9 Å². The first-order valence-electron chi connectivity index (χ1n) is 5.90. The van der Waals surface area contributed by atoms with Crippen LogP contribution in [-0.2, 0) is 12.8 Å². The molecule has 0 fully saturated rings. The van der Waals surface area contributed by atoms with Gasteiger partial charge in [0.2, 0.25) is 11.7 Å². The summed E-state index contributed by atoms with van der Waals surface area (Å²) in [6.45, 7) is 0.0780. The van der Waals surface area contributed by atoms with Crippen molar-refractivity contribution in [3.8, 4) is 5.88 Å². The highest BCUT2D eigenvalue weighted by Gasteiger charge is 2.35. The van der Waals surface area contributed by atoms with E-state index in [1.54, 1.807) is 24.3 Å². The standard InChI is InChI=1S/C13H11ClF3N3O/c1-18-10-6-11(20-12(19-10)13(15,16)17)21-7-8-2-4-9(14)5-3-8/h2-6H,7H2,1H3,(H,18,19,20). The van der Waals surface area contributed by atoms with E-state index in [1.165, 1.54) is 13.1 Å². The molecular weight excluding hydrogens is 307 g/mol. The van der Waals surface area contributed by atoms with Crippen molar-refractivity contribution in [2.45, 2.75) is 12.8 Å². The number of nitrogens with one attached hydrogen (secondary N) is 1. The monoisotopic (exact) mass is 317 g/mol. The van der Waals surface area contributed by atoms with Gasteiger partial charge in [0.15, 0.2) is 0 Å². The second-order valence-corrected chi connectivity index (χ2v) is 4.51. The Labute approximate surface area is 123 Å². The number of benzene rings is 1. The Bertz CT molecular complexity index is 617. The lowest BCUT2D eigenvalue weighted by Crippen LogP contribution is -2.13. The summed E-state index contributed by atoms with van der Waals surface area (Å²) >= 11 is 5.74. The molecule has 0 spiro atoms. The van der Waals surface area contributed by atoms with E-state index in [4.69, 9.17) is 16.3 Å². The van der Waals surface area contributed by atoms with Gasteiger partial charge in [0.25, 0.3) is 0 Å². The molecule has 2 rings (SSSR count). The van der Waals surface area contributed by atoms with Crippen LogP contribution in [0.4, 0.5) is 19.0 Å². The molecule has 21 heavy (non-hydrogen) atoms. The predicted octanol–water partition coefficient (Wildman–Crippen LogP) is 3.77. The third-order valence-corrected chi connectivity index (χ3v) is 2.76. The van der Waals surface area contributed by atoms with Crippen LogP contribution in [-0.4, -0.2) is 17.0 Å². The number of alkyl halides is 3. The van der Waals surface area contributed by atoms with E-state index in [2.05, 4.69) is 15.3 Å². The summed E-state index contributed by atoms with van der Waals surface area (Å²) in [4.78, 5) is 6.71. The minimum atomic E-state index is -4.63. The minimum absolute atomic E-state index is 0.0310. The maximum absolute atomic E-state index is 12.7. The smallest absolute Gasteiger partial charge is 0.451 e. The van der Waals surface area contributed by atoms with Crippen LogP contribution in [0.2, 0.25) is 5.02 Å². The summed E-state index contributed by atoms with van der Waals surface area (Å²) in [5, 5.41) is 3.10. The summed E-state index contributed by atoms with van der Waals surface area (Å²) in [5.41, 5.74) is 0.762. The first kappa shape index (κ1) is 15.4. The second kappa shape index (κ2) is 6.17. The molecule has 1 N–H and O–H groups in total. The van der Waals surface area contributed by atoms with Crippen molar-refractivity contribution in [2.24, 2.45) is 0 Å². The van der Waals surface area contributed by atoms with Crippen molar-refractivity contribution in [3.05, 3.63) is 46.7 Å². The molecule has 1 aromatic heterocycles. The first-order valence-corrected chi connectivity index (χ1v) is 6.27. The van der Waals surface area contributed by atoms with Crippen LogP contribution in [0.25, 0.3) is 0 Å². The van der Waals surface area contributed by atoms with Gasteiger partial charge in [-0.05, 0) is 17.7 Å². The van der Waals surface area contributed by atoms with E-state index in [9.17, 15) is 13.2 Å². The van der Waals surface area contributed by atoms with E-state index < -0.39 is 12.0 Å². The fourth-order valence-corrected chi connectivity index (χ4v) is 1.62. The Morgan fingerprint density at radius 2 is 1.86 bits per heavy atom. The zero-order valence-electron chi connectivity index (χ0n) is 10.9. The quantitative estimate of drug-likeness (QED) is 0.932. The number of aromatic nitrogens is 2. The molecule has 112 valence electrons. The maximum atomic E-state index is 12.7. The van der Waals surface area contributed by atoms with Crippen molar-refractivity contribution in [3.63, 3.8) is 0 Å². The topological polar surface area (TPSA) is 47.0 Å². The van der Waals surface area contributed by atoms with Gasteiger partial charge in [-0.3, -0.25) is 0 Å². The molecule has 0 aliphatic heterocycles. The Morgan fingerprint density at radius 1 is 1.19 bits per heavy atom. The Balaban J connectivity index is 2.17. The van der Waals surface area contributed by atoms with Gasteiger partial charge in [-0.2, -0.15) is 18.2 Å². The summed E-state index contributed by atoms with van der Waals surface area (Å²) in [6.07, 6.45) is -4.63. The normalized spacial score (nSPS) is 11.3. The number of anilines is 1. The van der Waals surface area contributed by atoms with Crippen LogP contribution in [0, 0.1) is 0 Å². The minimum Gasteiger partial charge on any atom is -0.473 e. The van der Waals surface area contributed by atoms with Crippen LogP contribution in [0.1, 0.15) is 11.4 Å². The van der Waals surface area contributed by atoms with E-state index in [-0.39, 0.29) is 18.3 Å². The number of hydrogen-bond acceptors (Lipinski definition) is 4. The number of nitrogens with zero attached hydrogens (tertiary/aromatic N) is 2. The maximum Gasteiger partial charge on any atom is 0.451 e. The second-order valence-electron chi connectivity index (χ2n) is 4.08. The zero-order chi connectivity index (χ0) is 15.5. The summed E-state index contributed by atoms with van der Waals surface area (Å²) in [6, 6.07) is 8.06. The highest BCUT2D eigenvalue weighted by molar-refractivity contribution is 6.30. The molecular formula is C13H11ClF3N3O. The highest BCUT2D eigenvalue weighted by atomic mass is 35.5. The van der Waals surface area contributed by atoms with Gasteiger partial charge in [0.05, 0.1) is 0 Å². The van der Waals surface area contributed by atoms with Crippen LogP contribution >= 0.6 is 11.6 Å². The number of halogens is 4. The van der Waals surface area contributed by atoms with Gasteiger partial charge < -0.3 is 10.1 Å². The van der Waals surface area contributed by atoms with Gasteiger partial charge in [-0.15, -0.1) is 0 Å². The van der Waals surface area contributed by atoms with Gasteiger partial charge in [0.1, 0.15) is 12.4 Å². The van der Waals surface area contributed by atoms with Gasteiger partial charge >= 0.3 is 6.18 Å². The number of ether oxygens (including phenoxy) is 1. The SMILES string of the molecule is CNc1cc(OCc2ccc(Cl)cc2)nc(C(F)(F)F)n1. The van der Waals surface area contributed by atoms with E-state index in [0.29, 0.717) is 5.02 Å². The molecule has 0 amide bonds. The summed E-state index contributed by atoms with van der Waals surface area (Å²) in [5.74, 6) is -1.37. The van der Waals surface area contributed by atoms with Gasteiger partial charge in [-0.25, -0.2) is 4.98 Å². The molecule has 0 saturated carbocycles. The van der Waals surface area contributed by atoms with Crippen LogP contribution in [0.3, 0.4) is 0 Å². The Kier molecular flexibility index (Phi) is 4.52. The molecule has 0 radical (unpaired) electrons. The van der Waals surface area contributed by atoms with Crippen molar-refractivity contribution in [1.82, 2.24) is 9.97 Å². The average Bonchev–Trinajstić information content (AvgIpc) is 2.45. The van der Waals surface area contributed by atoms with Gasteiger partial charge in [-0.1, -0.05) is 23.7 Å². The van der Waals surface area contributed by atoms with Crippen molar-refractivity contribution in [1.29, 1.82) is 0 Å². The van der Waals surface area contributed by atoms with E-state index in [0.717, 1.165) is 5.56 Å². The first-order chi connectivity index (χ1) is 9.88. The zero-order valence-corrected chi connectivity index (χ0v) is 11.7. The molecule has 8 heteroatoms. The molecule has 0 aliphatic rings.